The monoisotopic (exact) mass is 410 g/mol. The van der Waals surface area contributed by atoms with Crippen LogP contribution in [0.15, 0.2) is 54.2 Å². The molecule has 1 heterocycles. The third-order valence-electron chi connectivity index (χ3n) is 5.47. The number of imidazole rings is 1. The summed E-state index contributed by atoms with van der Waals surface area (Å²) in [6, 6.07) is 10.7. The number of aromatic amines is 1. The highest BCUT2D eigenvalue weighted by atomic mass is 19.1. The molecule has 0 radical (unpaired) electrons. The van der Waals surface area contributed by atoms with E-state index in [1.807, 2.05) is 11.8 Å². The molecule has 0 fully saturated rings. The van der Waals surface area contributed by atoms with Gasteiger partial charge in [0, 0.05) is 31.2 Å². The summed E-state index contributed by atoms with van der Waals surface area (Å²) in [4.78, 5) is 22.2. The fraction of sp³-hybridized carbons (Fsp3) is 0.304. The number of carbonyl (C=O) groups excluding carboxylic acids is 1. The van der Waals surface area contributed by atoms with Crippen molar-refractivity contribution in [2.75, 3.05) is 6.54 Å². The Morgan fingerprint density at radius 3 is 2.73 bits per heavy atom. The van der Waals surface area contributed by atoms with Gasteiger partial charge < -0.3 is 15.2 Å². The van der Waals surface area contributed by atoms with Crippen LogP contribution in [0.5, 0.6) is 0 Å². The van der Waals surface area contributed by atoms with E-state index < -0.39 is 0 Å². The highest BCUT2D eigenvalue weighted by molar-refractivity contribution is 5.94. The molecule has 7 heteroatoms. The molecule has 1 amide bonds. The number of allylic oxidation sites excluding steroid dienone is 1. The second-order valence-corrected chi connectivity index (χ2v) is 7.48. The minimum absolute atomic E-state index is 0.0492. The molecule has 5 nitrogen and oxygen atoms in total. The van der Waals surface area contributed by atoms with Crippen molar-refractivity contribution in [3.63, 3.8) is 0 Å². The molecule has 0 spiro atoms. The minimum atomic E-state index is -0.369. The number of rotatable bonds is 6. The van der Waals surface area contributed by atoms with Gasteiger partial charge in [0.05, 0.1) is 11.0 Å². The molecule has 0 unspecified atom stereocenters. The summed E-state index contributed by atoms with van der Waals surface area (Å²) in [6.45, 7) is 3.11. The number of nitrogens with zero attached hydrogens (tertiary/aromatic N) is 2. The lowest BCUT2D eigenvalue weighted by molar-refractivity contribution is 0.0663. The van der Waals surface area contributed by atoms with Crippen molar-refractivity contribution in [3.8, 4) is 0 Å². The van der Waals surface area contributed by atoms with Crippen LogP contribution in [0.2, 0.25) is 0 Å². The maximum absolute atomic E-state index is 13.4. The number of hydrogen-bond donors (Lipinski definition) is 2. The van der Waals surface area contributed by atoms with E-state index in [1.54, 1.807) is 18.2 Å². The van der Waals surface area contributed by atoms with Crippen molar-refractivity contribution in [2.24, 2.45) is 0 Å². The van der Waals surface area contributed by atoms with Gasteiger partial charge in [0.2, 0.25) is 0 Å². The van der Waals surface area contributed by atoms with Gasteiger partial charge in [0.15, 0.2) is 5.82 Å². The molecule has 1 aliphatic carbocycles. The number of carbonyl (C=O) groups is 1. The van der Waals surface area contributed by atoms with E-state index in [9.17, 15) is 13.6 Å². The van der Waals surface area contributed by atoms with Crippen LogP contribution in [-0.4, -0.2) is 33.4 Å². The summed E-state index contributed by atoms with van der Waals surface area (Å²) in [5, 5.41) is 3.41. The van der Waals surface area contributed by atoms with Gasteiger partial charge in [-0.25, -0.2) is 13.8 Å². The number of nitrogens with one attached hydrogen (secondary N) is 2. The molecule has 156 valence electrons. The number of H-pyrrole nitrogens is 1. The van der Waals surface area contributed by atoms with Gasteiger partial charge in [-0.05, 0) is 55.7 Å². The Labute approximate surface area is 173 Å². The molecule has 0 aliphatic heterocycles. The zero-order valence-corrected chi connectivity index (χ0v) is 16.8. The SMILES string of the molecule is CCN(C(=O)c1nc2ccc(F)cc2[nH]1)[C@H]1CCC=C(NCc2ccc(F)cc2)C1. The average Bonchev–Trinajstić information content (AvgIpc) is 3.17. The van der Waals surface area contributed by atoms with Gasteiger partial charge in [-0.1, -0.05) is 18.2 Å². The molecular weight excluding hydrogens is 386 g/mol. The first-order valence-corrected chi connectivity index (χ1v) is 10.2. The van der Waals surface area contributed by atoms with E-state index in [-0.39, 0.29) is 29.4 Å². The highest BCUT2D eigenvalue weighted by Gasteiger charge is 2.28. The molecule has 0 saturated carbocycles. The predicted octanol–water partition coefficient (Wildman–Crippen LogP) is 4.53. The molecule has 0 bridgehead atoms. The lowest BCUT2D eigenvalue weighted by Crippen LogP contribution is -2.42. The van der Waals surface area contributed by atoms with Gasteiger partial charge in [0.1, 0.15) is 11.6 Å². The second kappa shape index (κ2) is 8.65. The van der Waals surface area contributed by atoms with E-state index in [0.717, 1.165) is 30.5 Å². The smallest absolute Gasteiger partial charge is 0.289 e. The number of fused-ring (bicyclic) bond motifs is 1. The number of hydrogen-bond acceptors (Lipinski definition) is 3. The standard InChI is InChI=1S/C23H24F2N4O/c1-2-29(23(30)22-27-20-11-10-17(25)12-21(20)28-22)19-5-3-4-18(13-19)26-14-15-6-8-16(24)9-7-15/h4,6-12,19,26H,2-3,5,13-14H2,1H3,(H,27,28)/t19-/m0/s1. The lowest BCUT2D eigenvalue weighted by Gasteiger charge is -2.33. The van der Waals surface area contributed by atoms with Crippen LogP contribution in [0, 0.1) is 11.6 Å². The first-order chi connectivity index (χ1) is 14.5. The molecule has 2 aromatic carbocycles. The normalized spacial score (nSPS) is 16.4. The summed E-state index contributed by atoms with van der Waals surface area (Å²) >= 11 is 0. The number of amides is 1. The third kappa shape index (κ3) is 4.35. The maximum Gasteiger partial charge on any atom is 0.289 e. The first-order valence-electron chi connectivity index (χ1n) is 10.2. The molecule has 3 aromatic rings. The van der Waals surface area contributed by atoms with Crippen LogP contribution in [0.3, 0.4) is 0 Å². The molecule has 1 aliphatic rings. The fourth-order valence-electron chi connectivity index (χ4n) is 3.90. The minimum Gasteiger partial charge on any atom is -0.384 e. The zero-order chi connectivity index (χ0) is 21.1. The summed E-state index contributed by atoms with van der Waals surface area (Å²) < 4.78 is 26.5. The van der Waals surface area contributed by atoms with Crippen molar-refractivity contribution in [3.05, 3.63) is 77.3 Å². The molecule has 1 aromatic heterocycles. The van der Waals surface area contributed by atoms with Crippen molar-refractivity contribution in [1.82, 2.24) is 20.2 Å². The third-order valence-corrected chi connectivity index (χ3v) is 5.47. The number of halogens is 2. The Morgan fingerprint density at radius 1 is 1.20 bits per heavy atom. The first kappa shape index (κ1) is 20.1. The van der Waals surface area contributed by atoms with Gasteiger partial charge >= 0.3 is 0 Å². The Hall–Kier alpha value is -3.22. The molecule has 2 N–H and O–H groups in total. The number of benzene rings is 2. The van der Waals surface area contributed by atoms with Crippen LogP contribution in [0.4, 0.5) is 8.78 Å². The lowest BCUT2D eigenvalue weighted by atomic mass is 9.97. The number of aromatic nitrogens is 2. The molecule has 0 saturated heterocycles. The van der Waals surface area contributed by atoms with E-state index in [2.05, 4.69) is 21.4 Å². The van der Waals surface area contributed by atoms with Gasteiger partial charge in [-0.2, -0.15) is 0 Å². The largest absolute Gasteiger partial charge is 0.384 e. The van der Waals surface area contributed by atoms with Crippen molar-refractivity contribution < 1.29 is 13.6 Å². The van der Waals surface area contributed by atoms with Crippen LogP contribution in [0.1, 0.15) is 42.4 Å². The van der Waals surface area contributed by atoms with Crippen molar-refractivity contribution >= 4 is 16.9 Å². The molecule has 30 heavy (non-hydrogen) atoms. The van der Waals surface area contributed by atoms with E-state index in [0.29, 0.717) is 24.1 Å². The quantitative estimate of drug-likeness (QED) is 0.628. The fourth-order valence-corrected chi connectivity index (χ4v) is 3.90. The Balaban J connectivity index is 1.43. The Morgan fingerprint density at radius 2 is 1.97 bits per heavy atom. The predicted molar refractivity (Wildman–Crippen MR) is 112 cm³/mol. The maximum atomic E-state index is 13.4. The molecule has 1 atom stereocenters. The topological polar surface area (TPSA) is 61.0 Å². The summed E-state index contributed by atoms with van der Waals surface area (Å²) in [5.74, 6) is -0.570. The summed E-state index contributed by atoms with van der Waals surface area (Å²) in [5.41, 5.74) is 3.16. The van der Waals surface area contributed by atoms with Gasteiger partial charge in [0.25, 0.3) is 5.91 Å². The van der Waals surface area contributed by atoms with Crippen LogP contribution in [-0.2, 0) is 6.54 Å². The summed E-state index contributed by atoms with van der Waals surface area (Å²) in [6.07, 6.45) is 4.61. The van der Waals surface area contributed by atoms with Gasteiger partial charge in [-0.3, -0.25) is 4.79 Å². The summed E-state index contributed by atoms with van der Waals surface area (Å²) in [7, 11) is 0. The molecular formula is C23H24F2N4O. The Bertz CT molecular complexity index is 1070. The van der Waals surface area contributed by atoms with E-state index in [1.165, 1.54) is 24.3 Å². The van der Waals surface area contributed by atoms with E-state index in [4.69, 9.17) is 0 Å². The average molecular weight is 410 g/mol. The second-order valence-electron chi connectivity index (χ2n) is 7.48. The van der Waals surface area contributed by atoms with Crippen molar-refractivity contribution in [1.29, 1.82) is 0 Å². The molecule has 4 rings (SSSR count). The van der Waals surface area contributed by atoms with Crippen LogP contribution in [0.25, 0.3) is 11.0 Å². The van der Waals surface area contributed by atoms with E-state index >= 15 is 0 Å². The van der Waals surface area contributed by atoms with Crippen LogP contribution >= 0.6 is 0 Å². The zero-order valence-electron chi connectivity index (χ0n) is 16.8. The van der Waals surface area contributed by atoms with Crippen LogP contribution < -0.4 is 5.32 Å². The Kier molecular flexibility index (Phi) is 5.79. The highest BCUT2D eigenvalue weighted by Crippen LogP contribution is 2.24. The van der Waals surface area contributed by atoms with Gasteiger partial charge in [-0.15, -0.1) is 0 Å². The van der Waals surface area contributed by atoms with Crippen molar-refractivity contribution in [2.45, 2.75) is 38.8 Å².